The number of halogens is 2. The molecule has 36 heavy (non-hydrogen) atoms. The molecule has 4 rings (SSSR count). The van der Waals surface area contributed by atoms with Crippen LogP contribution in [0.25, 0.3) is 10.2 Å². The lowest BCUT2D eigenvalue weighted by Gasteiger charge is -2.12. The van der Waals surface area contributed by atoms with Crippen molar-refractivity contribution in [3.8, 4) is 11.5 Å². The van der Waals surface area contributed by atoms with Crippen molar-refractivity contribution in [3.63, 3.8) is 0 Å². The van der Waals surface area contributed by atoms with E-state index >= 15 is 0 Å². The topological polar surface area (TPSA) is 94.8 Å². The van der Waals surface area contributed by atoms with Gasteiger partial charge in [0, 0.05) is 10.4 Å². The van der Waals surface area contributed by atoms with Crippen LogP contribution < -0.4 is 20.5 Å². The van der Waals surface area contributed by atoms with E-state index in [0.29, 0.717) is 27.3 Å². The molecule has 1 N–H and O–H groups in total. The first-order chi connectivity index (χ1) is 17.3. The summed E-state index contributed by atoms with van der Waals surface area (Å²) in [6.45, 7) is 3.50. The number of hydrogen-bond donors (Lipinski definition) is 1. The molecule has 0 aliphatic rings. The quantitative estimate of drug-likeness (QED) is 0.266. The largest absolute Gasteiger partial charge is 0.493 e. The second-order valence-electron chi connectivity index (χ2n) is 7.83. The number of nitrogens with zero attached hydrogens (tertiary/aromatic N) is 3. The predicted octanol–water partition coefficient (Wildman–Crippen LogP) is 4.61. The van der Waals surface area contributed by atoms with Gasteiger partial charge in [0.15, 0.2) is 11.5 Å². The molecular weight excluding hydrogens is 507 g/mol. The maximum atomic E-state index is 14.0. The molecule has 4 aromatic rings. The van der Waals surface area contributed by atoms with E-state index in [0.717, 1.165) is 10.4 Å². The van der Waals surface area contributed by atoms with Crippen LogP contribution in [0.15, 0.2) is 52.6 Å². The molecule has 186 valence electrons. The molecule has 11 heteroatoms. The van der Waals surface area contributed by atoms with Gasteiger partial charge in [-0.25, -0.2) is 14.8 Å². The van der Waals surface area contributed by atoms with Crippen LogP contribution in [0.1, 0.15) is 21.6 Å². The zero-order valence-corrected chi connectivity index (χ0v) is 21.2. The molecule has 2 heterocycles. The Bertz CT molecular complexity index is 1510. The van der Waals surface area contributed by atoms with Crippen LogP contribution in [-0.2, 0) is 17.9 Å². The Morgan fingerprint density at radius 2 is 2.08 bits per heavy atom. The van der Waals surface area contributed by atoms with Gasteiger partial charge in [0.1, 0.15) is 23.8 Å². The van der Waals surface area contributed by atoms with Crippen molar-refractivity contribution in [2.24, 2.45) is 5.10 Å². The van der Waals surface area contributed by atoms with Crippen molar-refractivity contribution in [1.82, 2.24) is 15.0 Å². The lowest BCUT2D eigenvalue weighted by molar-refractivity contribution is -0.121. The molecule has 0 spiro atoms. The standard InChI is InChI=1S/C25H22ClFN4O4S/c1-14-15(2)36-24-23(14)25(33)31(13-28-24)11-22(32)30-29-10-16-7-8-20(21(9-16)34-3)35-12-17-18(26)5-4-6-19(17)27/h4-10,13H,11-12H2,1-3H3,(H,30,32)/b29-10-. The number of aryl methyl sites for hydroxylation is 2. The number of aromatic nitrogens is 2. The van der Waals surface area contributed by atoms with E-state index in [-0.39, 0.29) is 29.3 Å². The fourth-order valence-electron chi connectivity index (χ4n) is 3.46. The smallest absolute Gasteiger partial charge is 0.262 e. The van der Waals surface area contributed by atoms with Gasteiger partial charge in [0.05, 0.1) is 30.1 Å². The molecule has 2 aromatic carbocycles. The third-order valence-electron chi connectivity index (χ3n) is 5.49. The summed E-state index contributed by atoms with van der Waals surface area (Å²) in [6.07, 6.45) is 2.79. The van der Waals surface area contributed by atoms with Gasteiger partial charge in [-0.15, -0.1) is 11.3 Å². The molecule has 1 amide bonds. The minimum Gasteiger partial charge on any atom is -0.493 e. The molecule has 0 unspecified atom stereocenters. The summed E-state index contributed by atoms with van der Waals surface area (Å²) in [5.41, 5.74) is 3.87. The number of methoxy groups -OCH3 is 1. The molecule has 0 saturated heterocycles. The minimum atomic E-state index is -0.479. The van der Waals surface area contributed by atoms with Crippen molar-refractivity contribution in [2.75, 3.05) is 7.11 Å². The van der Waals surface area contributed by atoms with Crippen LogP contribution in [-0.4, -0.2) is 28.8 Å². The van der Waals surface area contributed by atoms with Crippen molar-refractivity contribution < 1.29 is 18.7 Å². The number of rotatable bonds is 8. The van der Waals surface area contributed by atoms with Crippen LogP contribution in [0.5, 0.6) is 11.5 Å². The van der Waals surface area contributed by atoms with Crippen molar-refractivity contribution in [2.45, 2.75) is 27.0 Å². The number of thiophene rings is 1. The number of carbonyl (C=O) groups excluding carboxylic acids is 1. The summed E-state index contributed by atoms with van der Waals surface area (Å²) in [6, 6.07) is 9.41. The third-order valence-corrected chi connectivity index (χ3v) is 6.96. The number of carbonyl (C=O) groups is 1. The number of amides is 1. The number of benzene rings is 2. The van der Waals surface area contributed by atoms with Gasteiger partial charge in [0.2, 0.25) is 0 Å². The van der Waals surface area contributed by atoms with E-state index < -0.39 is 11.7 Å². The van der Waals surface area contributed by atoms with Gasteiger partial charge in [0.25, 0.3) is 11.5 Å². The Labute approximate surface area is 215 Å². The fourth-order valence-corrected chi connectivity index (χ4v) is 4.66. The molecule has 0 saturated carbocycles. The Morgan fingerprint density at radius 3 is 2.83 bits per heavy atom. The van der Waals surface area contributed by atoms with Crippen molar-refractivity contribution >= 4 is 45.3 Å². The van der Waals surface area contributed by atoms with Gasteiger partial charge < -0.3 is 9.47 Å². The van der Waals surface area contributed by atoms with Crippen LogP contribution in [0.4, 0.5) is 4.39 Å². The van der Waals surface area contributed by atoms with Crippen LogP contribution >= 0.6 is 22.9 Å². The molecule has 0 radical (unpaired) electrons. The summed E-state index contributed by atoms with van der Waals surface area (Å²) >= 11 is 7.49. The number of nitrogens with one attached hydrogen (secondary N) is 1. The summed E-state index contributed by atoms with van der Waals surface area (Å²) in [5.74, 6) is -0.156. The summed E-state index contributed by atoms with van der Waals surface area (Å²) in [5, 5.41) is 4.75. The maximum absolute atomic E-state index is 14.0. The van der Waals surface area contributed by atoms with Crippen LogP contribution in [0.2, 0.25) is 5.02 Å². The molecule has 0 bridgehead atoms. The Morgan fingerprint density at radius 1 is 1.28 bits per heavy atom. The van der Waals surface area contributed by atoms with Gasteiger partial charge in [-0.1, -0.05) is 17.7 Å². The van der Waals surface area contributed by atoms with Crippen molar-refractivity contribution in [3.05, 3.63) is 85.5 Å². The Balaban J connectivity index is 1.40. The first-order valence-corrected chi connectivity index (χ1v) is 12.0. The number of hydrazone groups is 1. The monoisotopic (exact) mass is 528 g/mol. The second-order valence-corrected chi connectivity index (χ2v) is 9.44. The molecule has 8 nitrogen and oxygen atoms in total. The van der Waals surface area contributed by atoms with E-state index in [2.05, 4.69) is 15.5 Å². The molecule has 0 aliphatic heterocycles. The second kappa shape index (κ2) is 10.9. The fraction of sp³-hybridized carbons (Fsp3) is 0.200. The highest BCUT2D eigenvalue weighted by atomic mass is 35.5. The maximum Gasteiger partial charge on any atom is 0.262 e. The molecule has 0 fully saturated rings. The van der Waals surface area contributed by atoms with Crippen molar-refractivity contribution in [1.29, 1.82) is 0 Å². The zero-order valence-electron chi connectivity index (χ0n) is 19.7. The highest BCUT2D eigenvalue weighted by Gasteiger charge is 2.14. The van der Waals surface area contributed by atoms with E-state index in [1.807, 2.05) is 13.8 Å². The average molecular weight is 529 g/mol. The lowest BCUT2D eigenvalue weighted by Crippen LogP contribution is -2.30. The first kappa shape index (κ1) is 25.3. The first-order valence-electron chi connectivity index (χ1n) is 10.8. The zero-order chi connectivity index (χ0) is 25.8. The summed E-state index contributed by atoms with van der Waals surface area (Å²) < 4.78 is 26.3. The van der Waals surface area contributed by atoms with Crippen LogP contribution in [0, 0.1) is 19.7 Å². The van der Waals surface area contributed by atoms with Gasteiger partial charge in [-0.3, -0.25) is 14.2 Å². The van der Waals surface area contributed by atoms with E-state index in [1.165, 1.54) is 47.7 Å². The van der Waals surface area contributed by atoms with E-state index in [4.69, 9.17) is 21.1 Å². The number of fused-ring (bicyclic) bond motifs is 1. The molecular formula is C25H22ClFN4O4S. The molecule has 2 aromatic heterocycles. The Kier molecular flexibility index (Phi) is 7.66. The summed E-state index contributed by atoms with van der Waals surface area (Å²) in [4.78, 5) is 31.0. The lowest BCUT2D eigenvalue weighted by atomic mass is 10.2. The van der Waals surface area contributed by atoms with E-state index in [9.17, 15) is 14.0 Å². The normalized spacial score (nSPS) is 11.2. The average Bonchev–Trinajstić information content (AvgIpc) is 3.15. The molecule has 0 atom stereocenters. The van der Waals surface area contributed by atoms with Gasteiger partial charge >= 0.3 is 0 Å². The van der Waals surface area contributed by atoms with Gasteiger partial charge in [-0.05, 0) is 55.3 Å². The highest BCUT2D eigenvalue weighted by Crippen LogP contribution is 2.30. The van der Waals surface area contributed by atoms with Crippen LogP contribution in [0.3, 0.4) is 0 Å². The molecule has 0 aliphatic carbocycles. The number of hydrogen-bond acceptors (Lipinski definition) is 7. The minimum absolute atomic E-state index is 0.0736. The summed E-state index contributed by atoms with van der Waals surface area (Å²) in [7, 11) is 1.47. The Hall–Kier alpha value is -3.76. The third kappa shape index (κ3) is 5.39. The SMILES string of the molecule is COc1cc(/C=N\NC(=O)Cn2cnc3sc(C)c(C)c3c2=O)ccc1OCc1c(F)cccc1Cl. The number of ether oxygens (including phenoxy) is 2. The van der Waals surface area contributed by atoms with Gasteiger partial charge in [-0.2, -0.15) is 5.10 Å². The predicted molar refractivity (Wildman–Crippen MR) is 138 cm³/mol. The van der Waals surface area contributed by atoms with E-state index in [1.54, 1.807) is 24.3 Å². The highest BCUT2D eigenvalue weighted by molar-refractivity contribution is 7.18.